The Morgan fingerprint density at radius 1 is 1.33 bits per heavy atom. The molecule has 1 atom stereocenters. The van der Waals surface area contributed by atoms with Crippen molar-refractivity contribution in [2.45, 2.75) is 13.0 Å². The van der Waals surface area contributed by atoms with Crippen LogP contribution >= 0.6 is 22.9 Å². The molecule has 1 amide bonds. The molecule has 0 aliphatic heterocycles. The van der Waals surface area contributed by atoms with Crippen LogP contribution in [0, 0.1) is 0 Å². The third-order valence-electron chi connectivity index (χ3n) is 3.96. The molecule has 124 valence electrons. The molecule has 0 N–H and O–H groups in total. The van der Waals surface area contributed by atoms with Crippen molar-refractivity contribution < 1.29 is 9.53 Å². The van der Waals surface area contributed by atoms with Gasteiger partial charge in [-0.3, -0.25) is 9.78 Å². The molecule has 0 fully saturated rings. The van der Waals surface area contributed by atoms with Crippen molar-refractivity contribution >= 4 is 39.7 Å². The molecule has 0 saturated carbocycles. The topological polar surface area (TPSA) is 42.4 Å². The minimum absolute atomic E-state index is 0.0150. The molecule has 0 aliphatic rings. The van der Waals surface area contributed by atoms with Gasteiger partial charge in [0.25, 0.3) is 5.91 Å². The number of benzene rings is 1. The number of aromatic nitrogens is 1. The summed E-state index contributed by atoms with van der Waals surface area (Å²) in [6.45, 7) is 1.96. The molecule has 2 heterocycles. The van der Waals surface area contributed by atoms with Gasteiger partial charge in [0.1, 0.15) is 11.3 Å². The normalized spacial score (nSPS) is 12.1. The SMILES string of the molecule is CC(c1cccs1)N(C)C(=O)COc1ccc(Cl)c2cccnc12. The number of fused-ring (bicyclic) bond motifs is 1. The van der Waals surface area contributed by atoms with Gasteiger partial charge in [-0.1, -0.05) is 17.7 Å². The Balaban J connectivity index is 1.72. The van der Waals surface area contributed by atoms with E-state index < -0.39 is 0 Å². The van der Waals surface area contributed by atoms with Crippen molar-refractivity contribution in [2.24, 2.45) is 0 Å². The molecule has 1 aromatic carbocycles. The number of thiophene rings is 1. The van der Waals surface area contributed by atoms with E-state index in [1.165, 1.54) is 0 Å². The predicted octanol–water partition coefficient (Wildman–Crippen LogP) is 4.55. The van der Waals surface area contributed by atoms with Gasteiger partial charge in [0.05, 0.1) is 11.1 Å². The Kier molecular flexibility index (Phi) is 5.02. The highest BCUT2D eigenvalue weighted by Crippen LogP contribution is 2.30. The van der Waals surface area contributed by atoms with Crippen LogP contribution in [0.5, 0.6) is 5.75 Å². The number of nitrogens with zero attached hydrogens (tertiary/aromatic N) is 2. The molecule has 4 nitrogen and oxygen atoms in total. The van der Waals surface area contributed by atoms with E-state index >= 15 is 0 Å². The van der Waals surface area contributed by atoms with E-state index in [2.05, 4.69) is 4.98 Å². The summed E-state index contributed by atoms with van der Waals surface area (Å²) in [7, 11) is 1.79. The second-order valence-electron chi connectivity index (χ2n) is 5.43. The number of pyridine rings is 1. The number of rotatable bonds is 5. The van der Waals surface area contributed by atoms with Gasteiger partial charge in [-0.25, -0.2) is 0 Å². The Morgan fingerprint density at radius 2 is 2.17 bits per heavy atom. The van der Waals surface area contributed by atoms with Crippen LogP contribution in [0.25, 0.3) is 10.9 Å². The number of carbonyl (C=O) groups excluding carboxylic acids is 1. The van der Waals surface area contributed by atoms with Gasteiger partial charge in [-0.15, -0.1) is 11.3 Å². The van der Waals surface area contributed by atoms with Crippen LogP contribution in [0.15, 0.2) is 48.0 Å². The summed E-state index contributed by atoms with van der Waals surface area (Å²) in [4.78, 5) is 19.6. The van der Waals surface area contributed by atoms with Crippen LogP contribution in [-0.4, -0.2) is 29.4 Å². The molecule has 0 aliphatic carbocycles. The van der Waals surface area contributed by atoms with Crippen LogP contribution < -0.4 is 4.74 Å². The van der Waals surface area contributed by atoms with Crippen LogP contribution in [0.4, 0.5) is 0 Å². The molecule has 0 saturated heterocycles. The van der Waals surface area contributed by atoms with E-state index in [0.717, 1.165) is 10.3 Å². The minimum atomic E-state index is -0.0880. The summed E-state index contributed by atoms with van der Waals surface area (Å²) in [5.41, 5.74) is 0.659. The monoisotopic (exact) mass is 360 g/mol. The number of ether oxygens (including phenoxy) is 1. The molecule has 0 spiro atoms. The summed E-state index contributed by atoms with van der Waals surface area (Å²) >= 11 is 7.81. The molecular formula is C18H17ClN2O2S. The smallest absolute Gasteiger partial charge is 0.260 e. The van der Waals surface area contributed by atoms with Crippen LogP contribution in [-0.2, 0) is 4.79 Å². The van der Waals surface area contributed by atoms with E-state index in [0.29, 0.717) is 16.3 Å². The second-order valence-corrected chi connectivity index (χ2v) is 6.82. The first-order chi connectivity index (χ1) is 11.6. The maximum Gasteiger partial charge on any atom is 0.260 e. The van der Waals surface area contributed by atoms with Crippen molar-refractivity contribution in [3.8, 4) is 5.75 Å². The quantitative estimate of drug-likeness (QED) is 0.670. The van der Waals surface area contributed by atoms with Crippen molar-refractivity contribution in [3.63, 3.8) is 0 Å². The van der Waals surface area contributed by atoms with Gasteiger partial charge in [0.2, 0.25) is 0 Å². The molecule has 2 aromatic heterocycles. The van der Waals surface area contributed by atoms with E-state index in [-0.39, 0.29) is 18.6 Å². The molecule has 3 rings (SSSR count). The number of hydrogen-bond donors (Lipinski definition) is 0. The average Bonchev–Trinajstić information content (AvgIpc) is 3.14. The second kappa shape index (κ2) is 7.20. The molecule has 6 heteroatoms. The van der Waals surface area contributed by atoms with E-state index in [4.69, 9.17) is 16.3 Å². The Labute approximate surface area is 149 Å². The molecule has 0 radical (unpaired) electrons. The lowest BCUT2D eigenvalue weighted by Crippen LogP contribution is -2.33. The zero-order chi connectivity index (χ0) is 17.1. The van der Waals surface area contributed by atoms with Gasteiger partial charge in [0, 0.05) is 23.5 Å². The van der Waals surface area contributed by atoms with Crippen LogP contribution in [0.3, 0.4) is 0 Å². The first kappa shape index (κ1) is 16.7. The Morgan fingerprint density at radius 3 is 2.92 bits per heavy atom. The van der Waals surface area contributed by atoms with Crippen molar-refractivity contribution in [3.05, 3.63) is 57.9 Å². The fourth-order valence-corrected chi connectivity index (χ4v) is 3.45. The largest absolute Gasteiger partial charge is 0.481 e. The fraction of sp³-hybridized carbons (Fsp3) is 0.222. The number of hydrogen-bond acceptors (Lipinski definition) is 4. The molecule has 24 heavy (non-hydrogen) atoms. The van der Waals surface area contributed by atoms with E-state index in [9.17, 15) is 4.79 Å². The van der Waals surface area contributed by atoms with Crippen molar-refractivity contribution in [2.75, 3.05) is 13.7 Å². The minimum Gasteiger partial charge on any atom is -0.481 e. The number of halogens is 1. The molecule has 0 bridgehead atoms. The van der Waals surface area contributed by atoms with Gasteiger partial charge in [0.15, 0.2) is 6.61 Å². The zero-order valence-electron chi connectivity index (χ0n) is 13.4. The predicted molar refractivity (Wildman–Crippen MR) is 97.8 cm³/mol. The molecule has 1 unspecified atom stereocenters. The average molecular weight is 361 g/mol. The standard InChI is InChI=1S/C18H17ClN2O2S/c1-12(16-6-4-10-24-16)21(2)17(22)11-23-15-8-7-14(19)13-5-3-9-20-18(13)15/h3-10,12H,11H2,1-2H3. The number of likely N-dealkylation sites (N-methyl/N-ethyl adjacent to an activating group) is 1. The fourth-order valence-electron chi connectivity index (χ4n) is 2.41. The first-order valence-electron chi connectivity index (χ1n) is 7.53. The third-order valence-corrected chi connectivity index (χ3v) is 5.33. The van der Waals surface area contributed by atoms with Crippen LogP contribution in [0.1, 0.15) is 17.8 Å². The molecular weight excluding hydrogens is 344 g/mol. The molecule has 3 aromatic rings. The maximum atomic E-state index is 12.4. The van der Waals surface area contributed by atoms with Crippen molar-refractivity contribution in [1.82, 2.24) is 9.88 Å². The third kappa shape index (κ3) is 3.37. The number of amides is 1. The summed E-state index contributed by atoms with van der Waals surface area (Å²) < 4.78 is 5.72. The first-order valence-corrected chi connectivity index (χ1v) is 8.79. The summed E-state index contributed by atoms with van der Waals surface area (Å²) in [5.74, 6) is 0.468. The van der Waals surface area contributed by atoms with Crippen molar-refractivity contribution in [1.29, 1.82) is 0 Å². The highest BCUT2D eigenvalue weighted by Gasteiger charge is 2.19. The van der Waals surface area contributed by atoms with Gasteiger partial charge >= 0.3 is 0 Å². The van der Waals surface area contributed by atoms with Gasteiger partial charge in [-0.05, 0) is 42.6 Å². The Bertz CT molecular complexity index is 851. The van der Waals surface area contributed by atoms with Gasteiger partial charge in [-0.2, -0.15) is 0 Å². The highest BCUT2D eigenvalue weighted by molar-refractivity contribution is 7.10. The highest BCUT2D eigenvalue weighted by atomic mass is 35.5. The lowest BCUT2D eigenvalue weighted by molar-refractivity contribution is -0.133. The lowest BCUT2D eigenvalue weighted by atomic mass is 10.2. The van der Waals surface area contributed by atoms with Gasteiger partial charge < -0.3 is 9.64 Å². The Hall–Kier alpha value is -2.11. The van der Waals surface area contributed by atoms with E-state index in [1.54, 1.807) is 41.6 Å². The number of carbonyl (C=O) groups is 1. The van der Waals surface area contributed by atoms with Crippen LogP contribution in [0.2, 0.25) is 5.02 Å². The van der Waals surface area contributed by atoms with E-state index in [1.807, 2.05) is 36.6 Å². The lowest BCUT2D eigenvalue weighted by Gasteiger charge is -2.24. The zero-order valence-corrected chi connectivity index (χ0v) is 15.0. The summed E-state index contributed by atoms with van der Waals surface area (Å²) in [6.07, 6.45) is 1.68. The maximum absolute atomic E-state index is 12.4. The summed E-state index contributed by atoms with van der Waals surface area (Å²) in [6, 6.07) is 11.2. The summed E-state index contributed by atoms with van der Waals surface area (Å²) in [5, 5.41) is 3.43.